The largest absolute Gasteiger partial charge is 0.337 e. The fourth-order valence-corrected chi connectivity index (χ4v) is 7.23. The number of hydrogen-bond donors (Lipinski definition) is 1. The van der Waals surface area contributed by atoms with E-state index in [1.807, 2.05) is 11.8 Å². The van der Waals surface area contributed by atoms with Gasteiger partial charge in [-0.25, -0.2) is 0 Å². The Balaban J connectivity index is 0.000000652. The van der Waals surface area contributed by atoms with Crippen LogP contribution in [0.25, 0.3) is 11.1 Å². The molecule has 0 saturated carbocycles. The van der Waals surface area contributed by atoms with Crippen molar-refractivity contribution >= 4 is 17.4 Å². The molecule has 4 heteroatoms. The van der Waals surface area contributed by atoms with Gasteiger partial charge < -0.3 is 15.5 Å². The topological polar surface area (TPSA) is 32.5 Å². The second-order valence-corrected chi connectivity index (χ2v) is 10.5. The summed E-state index contributed by atoms with van der Waals surface area (Å²) in [5, 5.41) is 0. The van der Waals surface area contributed by atoms with E-state index in [1.54, 1.807) is 0 Å². The molecule has 1 aliphatic carbocycles. The first-order chi connectivity index (χ1) is 16.7. The SMILES string of the molecule is C=C.CN.Cc1ccccc1-c1ccc2c(c1)SC1=CCCC=C1N2C1CC2CC[C@H](C1)N2C. The van der Waals surface area contributed by atoms with Crippen molar-refractivity contribution in [2.75, 3.05) is 19.0 Å². The molecule has 6 rings (SSSR count). The van der Waals surface area contributed by atoms with E-state index in [2.05, 4.69) is 97.3 Å². The molecule has 2 unspecified atom stereocenters. The summed E-state index contributed by atoms with van der Waals surface area (Å²) in [4.78, 5) is 8.29. The molecule has 2 N–H and O–H groups in total. The monoisotopic (exact) mass is 473 g/mol. The van der Waals surface area contributed by atoms with E-state index in [1.165, 1.54) is 83.4 Å². The fraction of sp³-hybridized carbons (Fsp3) is 0.400. The highest BCUT2D eigenvalue weighted by Crippen LogP contribution is 2.51. The molecule has 3 atom stereocenters. The fourth-order valence-electron chi connectivity index (χ4n) is 6.05. The van der Waals surface area contributed by atoms with Gasteiger partial charge in [0.15, 0.2) is 0 Å². The highest BCUT2D eigenvalue weighted by Gasteiger charge is 2.43. The minimum absolute atomic E-state index is 0.621. The number of thioether (sulfide) groups is 1. The van der Waals surface area contributed by atoms with E-state index >= 15 is 0 Å². The van der Waals surface area contributed by atoms with Gasteiger partial charge in [0, 0.05) is 27.9 Å². The van der Waals surface area contributed by atoms with Gasteiger partial charge in [-0.05, 0) is 88.4 Å². The van der Waals surface area contributed by atoms with Gasteiger partial charge in [-0.15, -0.1) is 13.2 Å². The van der Waals surface area contributed by atoms with E-state index < -0.39 is 0 Å². The number of nitrogens with two attached hydrogens (primary N) is 1. The minimum Gasteiger partial charge on any atom is -0.337 e. The average molecular weight is 474 g/mol. The van der Waals surface area contributed by atoms with E-state index in [4.69, 9.17) is 0 Å². The van der Waals surface area contributed by atoms with Crippen molar-refractivity contribution in [3.8, 4) is 11.1 Å². The highest BCUT2D eigenvalue weighted by atomic mass is 32.2. The normalized spacial score (nSPS) is 24.9. The first kappa shape index (κ1) is 24.8. The second-order valence-electron chi connectivity index (χ2n) is 9.38. The van der Waals surface area contributed by atoms with Crippen molar-refractivity contribution in [2.24, 2.45) is 5.73 Å². The number of aryl methyl sites for hydroxylation is 1. The maximum Gasteiger partial charge on any atom is 0.0555 e. The molecule has 4 aliphatic rings. The van der Waals surface area contributed by atoms with E-state index in [0.29, 0.717) is 6.04 Å². The van der Waals surface area contributed by atoms with Crippen LogP contribution in [0.2, 0.25) is 0 Å². The Kier molecular flexibility index (Phi) is 8.02. The number of piperidine rings is 1. The summed E-state index contributed by atoms with van der Waals surface area (Å²) in [6.45, 7) is 8.22. The third-order valence-electron chi connectivity index (χ3n) is 7.68. The van der Waals surface area contributed by atoms with Gasteiger partial charge in [-0.3, -0.25) is 0 Å². The number of hydrogen-bond acceptors (Lipinski definition) is 4. The molecule has 2 saturated heterocycles. The number of fused-ring (bicyclic) bond motifs is 4. The molecule has 2 bridgehead atoms. The molecule has 34 heavy (non-hydrogen) atoms. The van der Waals surface area contributed by atoms with Crippen molar-refractivity contribution in [1.29, 1.82) is 0 Å². The maximum absolute atomic E-state index is 4.50. The van der Waals surface area contributed by atoms with Gasteiger partial charge in [0.25, 0.3) is 0 Å². The summed E-state index contributed by atoms with van der Waals surface area (Å²) in [5.74, 6) is 0. The third kappa shape index (κ3) is 4.51. The van der Waals surface area contributed by atoms with Gasteiger partial charge in [-0.1, -0.05) is 54.2 Å². The van der Waals surface area contributed by atoms with E-state index in [9.17, 15) is 0 Å². The molecular weight excluding hydrogens is 434 g/mol. The van der Waals surface area contributed by atoms with Crippen molar-refractivity contribution < 1.29 is 0 Å². The molecule has 0 amide bonds. The Labute approximate surface area is 210 Å². The smallest absolute Gasteiger partial charge is 0.0555 e. The Morgan fingerprint density at radius 2 is 1.59 bits per heavy atom. The van der Waals surface area contributed by atoms with Crippen LogP contribution in [0.4, 0.5) is 5.69 Å². The quantitative estimate of drug-likeness (QED) is 0.470. The van der Waals surface area contributed by atoms with Crippen molar-refractivity contribution in [2.45, 2.75) is 68.5 Å². The zero-order chi connectivity index (χ0) is 24.2. The van der Waals surface area contributed by atoms with Crippen LogP contribution in [0.1, 0.15) is 44.1 Å². The predicted octanol–water partition coefficient (Wildman–Crippen LogP) is 7.14. The molecule has 0 aromatic heterocycles. The lowest BCUT2D eigenvalue weighted by molar-refractivity contribution is 0.161. The third-order valence-corrected chi connectivity index (χ3v) is 8.82. The number of rotatable bonds is 2. The van der Waals surface area contributed by atoms with Crippen LogP contribution in [-0.4, -0.2) is 37.1 Å². The number of nitrogens with zero attached hydrogens (tertiary/aromatic N) is 2. The van der Waals surface area contributed by atoms with Crippen LogP contribution in [0.3, 0.4) is 0 Å². The van der Waals surface area contributed by atoms with Crippen LogP contribution in [0.15, 0.2) is 83.3 Å². The van der Waals surface area contributed by atoms with Gasteiger partial charge in [0.2, 0.25) is 0 Å². The zero-order valence-corrected chi connectivity index (χ0v) is 21.8. The van der Waals surface area contributed by atoms with Gasteiger partial charge in [0.1, 0.15) is 0 Å². The summed E-state index contributed by atoms with van der Waals surface area (Å²) >= 11 is 1.98. The molecule has 2 aromatic rings. The van der Waals surface area contributed by atoms with Gasteiger partial charge in [-0.2, -0.15) is 0 Å². The first-order valence-electron chi connectivity index (χ1n) is 12.6. The Morgan fingerprint density at radius 1 is 0.912 bits per heavy atom. The van der Waals surface area contributed by atoms with Gasteiger partial charge >= 0.3 is 0 Å². The first-order valence-corrected chi connectivity index (χ1v) is 13.4. The number of anilines is 1. The summed E-state index contributed by atoms with van der Waals surface area (Å²) in [6, 6.07) is 18.1. The standard InChI is InChI=1S/C27H30N2S.C2H4.CH5N/c1-18-7-3-4-8-23(18)19-11-14-25-27(15-19)30-26-10-6-5-9-24(26)29(25)22-16-20-12-13-21(17-22)28(20)2;2*1-2/h3-4,7-11,14-15,20-22H,5-6,12-13,16-17H2,1-2H3;1-2H2;2H2,1H3/t20-,21?,22?;;/m1../s1. The highest BCUT2D eigenvalue weighted by molar-refractivity contribution is 8.03. The summed E-state index contributed by atoms with van der Waals surface area (Å²) < 4.78 is 0. The van der Waals surface area contributed by atoms with Gasteiger partial charge in [0.05, 0.1) is 11.4 Å². The van der Waals surface area contributed by atoms with Crippen LogP contribution in [0, 0.1) is 6.92 Å². The Hall–Kier alpha value is -2.27. The van der Waals surface area contributed by atoms with Crippen LogP contribution in [0.5, 0.6) is 0 Å². The van der Waals surface area contributed by atoms with Crippen LogP contribution < -0.4 is 10.6 Å². The predicted molar refractivity (Wildman–Crippen MR) is 149 cm³/mol. The Morgan fingerprint density at radius 3 is 2.29 bits per heavy atom. The second kappa shape index (κ2) is 11.0. The molecular formula is C30H39N3S. The van der Waals surface area contributed by atoms with Crippen molar-refractivity contribution in [1.82, 2.24) is 4.90 Å². The van der Waals surface area contributed by atoms with Crippen LogP contribution >= 0.6 is 11.8 Å². The lowest BCUT2D eigenvalue weighted by Crippen LogP contribution is -2.49. The number of allylic oxidation sites excluding steroid dienone is 2. The molecule has 3 aliphatic heterocycles. The van der Waals surface area contributed by atoms with E-state index in [-0.39, 0.29) is 0 Å². The average Bonchev–Trinajstić information content (AvgIpc) is 3.08. The summed E-state index contributed by atoms with van der Waals surface area (Å²) in [7, 11) is 3.85. The van der Waals surface area contributed by atoms with E-state index in [0.717, 1.165) is 12.1 Å². The molecule has 0 radical (unpaired) electrons. The van der Waals surface area contributed by atoms with Crippen molar-refractivity contribution in [3.63, 3.8) is 0 Å². The molecule has 0 spiro atoms. The molecule has 3 heterocycles. The maximum atomic E-state index is 4.50. The lowest BCUT2D eigenvalue weighted by Gasteiger charge is -2.46. The minimum atomic E-state index is 0.621. The summed E-state index contributed by atoms with van der Waals surface area (Å²) in [6.07, 6.45) is 12.7. The molecule has 2 fully saturated rings. The molecule has 3 nitrogen and oxygen atoms in total. The zero-order valence-electron chi connectivity index (χ0n) is 21.0. The van der Waals surface area contributed by atoms with Crippen molar-refractivity contribution in [3.05, 3.63) is 83.9 Å². The van der Waals surface area contributed by atoms with Crippen LogP contribution in [-0.2, 0) is 0 Å². The number of benzene rings is 2. The molecule has 180 valence electrons. The Bertz CT molecular complexity index is 1060. The lowest BCUT2D eigenvalue weighted by atomic mass is 9.93. The molecule has 2 aromatic carbocycles. The summed E-state index contributed by atoms with van der Waals surface area (Å²) in [5.41, 5.74) is 11.4.